The number of fused-ring (bicyclic) bond motifs is 2. The minimum Gasteiger partial charge on any atom is -0.489 e. The van der Waals surface area contributed by atoms with Crippen molar-refractivity contribution >= 4 is 28.5 Å². The molecule has 2 fully saturated rings. The molecule has 2 unspecified atom stereocenters. The fraction of sp³-hybridized carbons (Fsp3) is 0.333. The summed E-state index contributed by atoms with van der Waals surface area (Å²) < 4.78 is 6.26. The Morgan fingerprint density at radius 2 is 1.94 bits per heavy atom. The topological polar surface area (TPSA) is 91.8 Å². The molecule has 178 valence electrons. The summed E-state index contributed by atoms with van der Waals surface area (Å²) >= 11 is 0. The van der Waals surface area contributed by atoms with E-state index in [1.54, 1.807) is 11.0 Å². The highest BCUT2D eigenvalue weighted by Gasteiger charge is 2.39. The third-order valence-electron chi connectivity index (χ3n) is 7.14. The maximum Gasteiger partial charge on any atom is 0.255 e. The Morgan fingerprint density at radius 1 is 1.03 bits per heavy atom. The first kappa shape index (κ1) is 21.7. The third-order valence-corrected chi connectivity index (χ3v) is 7.14. The second-order valence-electron chi connectivity index (χ2n) is 9.54. The van der Waals surface area contributed by atoms with Gasteiger partial charge < -0.3 is 9.64 Å². The molecule has 35 heavy (non-hydrogen) atoms. The first-order valence-electron chi connectivity index (χ1n) is 12.0. The van der Waals surface area contributed by atoms with E-state index in [-0.39, 0.29) is 24.3 Å². The summed E-state index contributed by atoms with van der Waals surface area (Å²) in [6.45, 7) is 3.01. The van der Waals surface area contributed by atoms with Gasteiger partial charge in [-0.3, -0.25) is 29.6 Å². The molecule has 3 aliphatic rings. The molecular formula is C27H26N4O4. The first-order chi connectivity index (χ1) is 17.0. The molecule has 2 aromatic carbocycles. The van der Waals surface area contributed by atoms with Gasteiger partial charge in [0.1, 0.15) is 17.9 Å². The van der Waals surface area contributed by atoms with Gasteiger partial charge in [-0.25, -0.2) is 0 Å². The number of benzene rings is 2. The van der Waals surface area contributed by atoms with Crippen LogP contribution >= 0.6 is 0 Å². The zero-order valence-corrected chi connectivity index (χ0v) is 19.3. The number of likely N-dealkylation sites (tertiary alicyclic amines) is 1. The molecule has 0 spiro atoms. The molecule has 3 aliphatic heterocycles. The summed E-state index contributed by atoms with van der Waals surface area (Å²) in [5.41, 5.74) is 2.72. The molecule has 2 saturated heterocycles. The second-order valence-corrected chi connectivity index (χ2v) is 9.54. The number of carbonyl (C=O) groups excluding carboxylic acids is 3. The van der Waals surface area contributed by atoms with E-state index in [1.165, 1.54) is 10.9 Å². The maximum absolute atomic E-state index is 13.1. The molecule has 0 bridgehead atoms. The van der Waals surface area contributed by atoms with E-state index in [1.807, 2.05) is 30.6 Å². The van der Waals surface area contributed by atoms with Gasteiger partial charge in [0.2, 0.25) is 11.8 Å². The van der Waals surface area contributed by atoms with Crippen molar-refractivity contribution in [3.05, 3.63) is 71.5 Å². The highest BCUT2D eigenvalue weighted by molar-refractivity contribution is 6.05. The lowest BCUT2D eigenvalue weighted by molar-refractivity contribution is -0.136. The largest absolute Gasteiger partial charge is 0.489 e. The van der Waals surface area contributed by atoms with Crippen molar-refractivity contribution in [3.63, 3.8) is 0 Å². The van der Waals surface area contributed by atoms with Crippen molar-refractivity contribution in [2.75, 3.05) is 13.1 Å². The molecule has 6 rings (SSSR count). The van der Waals surface area contributed by atoms with Gasteiger partial charge in [-0.05, 0) is 53.6 Å². The van der Waals surface area contributed by atoms with Crippen LogP contribution in [-0.4, -0.2) is 57.7 Å². The number of piperidine rings is 1. The molecule has 0 radical (unpaired) electrons. The van der Waals surface area contributed by atoms with Gasteiger partial charge in [-0.2, -0.15) is 0 Å². The zero-order valence-electron chi connectivity index (χ0n) is 19.3. The highest BCUT2D eigenvalue weighted by Crippen LogP contribution is 2.31. The second kappa shape index (κ2) is 8.78. The Kier molecular flexibility index (Phi) is 5.45. The van der Waals surface area contributed by atoms with Crippen LogP contribution in [0.4, 0.5) is 0 Å². The van der Waals surface area contributed by atoms with Crippen LogP contribution in [0.25, 0.3) is 10.8 Å². The number of nitrogens with one attached hydrogen (secondary N) is 1. The third kappa shape index (κ3) is 4.25. The predicted octanol–water partition coefficient (Wildman–Crippen LogP) is 2.65. The van der Waals surface area contributed by atoms with Gasteiger partial charge in [0.15, 0.2) is 0 Å². The molecule has 2 atom stereocenters. The number of hydrogen-bond donors (Lipinski definition) is 1. The minimum atomic E-state index is -0.605. The van der Waals surface area contributed by atoms with Crippen molar-refractivity contribution in [2.45, 2.75) is 44.5 Å². The highest BCUT2D eigenvalue weighted by atomic mass is 16.5. The molecule has 8 heteroatoms. The van der Waals surface area contributed by atoms with E-state index in [0.29, 0.717) is 24.3 Å². The minimum absolute atomic E-state index is 0.0560. The van der Waals surface area contributed by atoms with E-state index in [4.69, 9.17) is 4.74 Å². The van der Waals surface area contributed by atoms with Crippen molar-refractivity contribution in [2.24, 2.45) is 0 Å². The SMILES string of the molecule is O=C1CCC(N2Cc3ccc(OC4CCN(Cc5ccc6cnccc6c5)C4)cc3C2=O)C(=O)N1. The van der Waals surface area contributed by atoms with Crippen molar-refractivity contribution in [1.29, 1.82) is 0 Å². The fourth-order valence-electron chi connectivity index (χ4n) is 5.33. The van der Waals surface area contributed by atoms with Gasteiger partial charge >= 0.3 is 0 Å². The van der Waals surface area contributed by atoms with Crippen LogP contribution in [0.5, 0.6) is 5.75 Å². The van der Waals surface area contributed by atoms with Crippen molar-refractivity contribution < 1.29 is 19.1 Å². The van der Waals surface area contributed by atoms with Crippen molar-refractivity contribution in [1.82, 2.24) is 20.1 Å². The number of pyridine rings is 1. The van der Waals surface area contributed by atoms with Crippen LogP contribution < -0.4 is 10.1 Å². The summed E-state index contributed by atoms with van der Waals surface area (Å²) in [7, 11) is 0. The average molecular weight is 471 g/mol. The van der Waals surface area contributed by atoms with Gasteiger partial charge in [0.05, 0.1) is 0 Å². The number of aromatic nitrogens is 1. The lowest BCUT2D eigenvalue weighted by atomic mass is 10.0. The standard InChI is InChI=1S/C27H26N4O4/c32-25-6-5-24(26(33)29-25)31-15-20-3-4-21(12-23(20)27(31)34)35-22-8-10-30(16-22)14-17-1-2-19-13-28-9-7-18(19)11-17/h1-4,7,9,11-13,22,24H,5-6,8,10,14-16H2,(H,29,32,33). The molecule has 0 saturated carbocycles. The fourth-order valence-corrected chi connectivity index (χ4v) is 5.33. The molecule has 3 amide bonds. The number of carbonyl (C=O) groups is 3. The number of rotatable bonds is 5. The first-order valence-corrected chi connectivity index (χ1v) is 12.0. The number of hydrogen-bond acceptors (Lipinski definition) is 6. The van der Waals surface area contributed by atoms with Gasteiger partial charge in [0, 0.05) is 55.9 Å². The molecular weight excluding hydrogens is 444 g/mol. The van der Waals surface area contributed by atoms with E-state index >= 15 is 0 Å². The monoisotopic (exact) mass is 470 g/mol. The van der Waals surface area contributed by atoms with Crippen LogP contribution in [0.3, 0.4) is 0 Å². The number of imide groups is 1. The molecule has 4 heterocycles. The summed E-state index contributed by atoms with van der Waals surface area (Å²) in [5, 5.41) is 4.67. The predicted molar refractivity (Wildman–Crippen MR) is 129 cm³/mol. The Balaban J connectivity index is 1.09. The summed E-state index contributed by atoms with van der Waals surface area (Å²) in [6, 6.07) is 13.5. The Labute approximate surface area is 202 Å². The Bertz CT molecular complexity index is 1340. The normalized spacial score (nSPS) is 22.5. The molecule has 1 N–H and O–H groups in total. The lowest BCUT2D eigenvalue weighted by Gasteiger charge is -2.29. The molecule has 8 nitrogen and oxygen atoms in total. The summed E-state index contributed by atoms with van der Waals surface area (Å²) in [6.07, 6.45) is 5.28. The zero-order chi connectivity index (χ0) is 23.9. The summed E-state index contributed by atoms with van der Waals surface area (Å²) in [5.74, 6) is -0.186. The van der Waals surface area contributed by atoms with Gasteiger partial charge in [-0.1, -0.05) is 18.2 Å². The lowest BCUT2D eigenvalue weighted by Crippen LogP contribution is -2.52. The Hall–Kier alpha value is -3.78. The number of amides is 3. The van der Waals surface area contributed by atoms with Crippen LogP contribution in [-0.2, 0) is 22.7 Å². The van der Waals surface area contributed by atoms with Crippen LogP contribution in [0.15, 0.2) is 54.9 Å². The average Bonchev–Trinajstić information content (AvgIpc) is 3.43. The summed E-state index contributed by atoms with van der Waals surface area (Å²) in [4.78, 5) is 44.9. The van der Waals surface area contributed by atoms with Crippen molar-refractivity contribution in [3.8, 4) is 5.75 Å². The maximum atomic E-state index is 13.1. The smallest absolute Gasteiger partial charge is 0.255 e. The van der Waals surface area contributed by atoms with E-state index < -0.39 is 11.9 Å². The molecule has 3 aromatic rings. The van der Waals surface area contributed by atoms with E-state index in [0.717, 1.165) is 37.0 Å². The van der Waals surface area contributed by atoms with Crippen LogP contribution in [0.2, 0.25) is 0 Å². The van der Waals surface area contributed by atoms with E-state index in [9.17, 15) is 14.4 Å². The number of nitrogens with zero attached hydrogens (tertiary/aromatic N) is 3. The van der Waals surface area contributed by atoms with E-state index in [2.05, 4.69) is 33.4 Å². The van der Waals surface area contributed by atoms with Crippen LogP contribution in [0, 0.1) is 0 Å². The van der Waals surface area contributed by atoms with Gasteiger partial charge in [-0.15, -0.1) is 0 Å². The molecule has 1 aromatic heterocycles. The van der Waals surface area contributed by atoms with Crippen LogP contribution in [0.1, 0.15) is 40.7 Å². The molecule has 0 aliphatic carbocycles. The number of ether oxygens (including phenoxy) is 1. The quantitative estimate of drug-likeness (QED) is 0.577. The van der Waals surface area contributed by atoms with Gasteiger partial charge in [0.25, 0.3) is 5.91 Å². The Morgan fingerprint density at radius 3 is 2.83 bits per heavy atom.